The third kappa shape index (κ3) is 2.36. The molecular formula is C15H15N5. The Balaban J connectivity index is 2.04. The van der Waals surface area contributed by atoms with Crippen molar-refractivity contribution in [1.82, 2.24) is 20.4 Å². The largest absolute Gasteiger partial charge is 0.270 e. The fraction of sp³-hybridized carbons (Fsp3) is 0.133. The highest BCUT2D eigenvalue weighted by atomic mass is 15.2. The van der Waals surface area contributed by atoms with Crippen molar-refractivity contribution in [2.45, 2.75) is 13.0 Å². The van der Waals surface area contributed by atoms with Gasteiger partial charge in [-0.15, -0.1) is 0 Å². The SMILES string of the molecule is Cc1cnc(C(NN)c2cnc3ccccc3c2)nc1. The van der Waals surface area contributed by atoms with E-state index < -0.39 is 0 Å². The molecule has 5 nitrogen and oxygen atoms in total. The highest BCUT2D eigenvalue weighted by Crippen LogP contribution is 2.21. The Morgan fingerprint density at radius 1 is 1.05 bits per heavy atom. The van der Waals surface area contributed by atoms with Gasteiger partial charge in [-0.3, -0.25) is 10.8 Å². The molecule has 3 rings (SSSR count). The maximum absolute atomic E-state index is 5.66. The molecule has 3 aromatic rings. The van der Waals surface area contributed by atoms with E-state index >= 15 is 0 Å². The van der Waals surface area contributed by atoms with Gasteiger partial charge in [0.25, 0.3) is 0 Å². The van der Waals surface area contributed by atoms with E-state index in [1.54, 1.807) is 18.6 Å². The van der Waals surface area contributed by atoms with Crippen LogP contribution in [0.15, 0.2) is 48.9 Å². The number of rotatable bonds is 3. The molecule has 1 aromatic carbocycles. The lowest BCUT2D eigenvalue weighted by atomic mass is 10.1. The first kappa shape index (κ1) is 12.7. The van der Waals surface area contributed by atoms with E-state index in [4.69, 9.17) is 5.84 Å². The lowest BCUT2D eigenvalue weighted by molar-refractivity contribution is 0.599. The van der Waals surface area contributed by atoms with Crippen LogP contribution in [-0.2, 0) is 0 Å². The number of hydrazine groups is 1. The number of nitrogens with zero attached hydrogens (tertiary/aromatic N) is 3. The fourth-order valence-corrected chi connectivity index (χ4v) is 2.12. The number of para-hydroxylation sites is 1. The number of pyridine rings is 1. The number of hydrogen-bond acceptors (Lipinski definition) is 5. The van der Waals surface area contributed by atoms with Gasteiger partial charge in [-0.05, 0) is 30.2 Å². The molecule has 2 heterocycles. The number of aromatic nitrogens is 3. The summed E-state index contributed by atoms with van der Waals surface area (Å²) in [5.74, 6) is 6.30. The van der Waals surface area contributed by atoms with E-state index in [2.05, 4.69) is 26.4 Å². The average molecular weight is 265 g/mol. The number of nitrogens with two attached hydrogens (primary N) is 1. The van der Waals surface area contributed by atoms with Crippen molar-refractivity contribution < 1.29 is 0 Å². The molecule has 0 aliphatic heterocycles. The summed E-state index contributed by atoms with van der Waals surface area (Å²) in [5, 5.41) is 1.07. The zero-order valence-electron chi connectivity index (χ0n) is 11.1. The van der Waals surface area contributed by atoms with Gasteiger partial charge < -0.3 is 0 Å². The van der Waals surface area contributed by atoms with Gasteiger partial charge in [-0.2, -0.15) is 0 Å². The Labute approximate surface area is 116 Å². The molecule has 0 saturated heterocycles. The molecule has 3 N–H and O–H groups in total. The Kier molecular flexibility index (Phi) is 3.37. The first-order valence-corrected chi connectivity index (χ1v) is 6.37. The predicted molar refractivity (Wildman–Crippen MR) is 77.7 cm³/mol. The normalized spacial score (nSPS) is 12.5. The molecule has 1 unspecified atom stereocenters. The second-order valence-electron chi connectivity index (χ2n) is 4.68. The van der Waals surface area contributed by atoms with Gasteiger partial charge in [0.1, 0.15) is 6.04 Å². The molecule has 0 amide bonds. The van der Waals surface area contributed by atoms with Gasteiger partial charge in [0.05, 0.1) is 5.52 Å². The van der Waals surface area contributed by atoms with Gasteiger partial charge in [0.2, 0.25) is 0 Å². The molecule has 0 fully saturated rings. The van der Waals surface area contributed by atoms with E-state index in [1.807, 2.05) is 31.2 Å². The van der Waals surface area contributed by atoms with Crippen molar-refractivity contribution in [3.05, 3.63) is 65.9 Å². The van der Waals surface area contributed by atoms with Crippen LogP contribution in [0.3, 0.4) is 0 Å². The standard InChI is InChI=1S/C15H15N5/c1-10-7-18-15(19-8-10)14(20-16)12-6-11-4-2-3-5-13(11)17-9-12/h2-9,14,20H,16H2,1H3. The van der Waals surface area contributed by atoms with Crippen LogP contribution in [0, 0.1) is 6.92 Å². The molecule has 100 valence electrons. The maximum Gasteiger partial charge on any atom is 0.150 e. The van der Waals surface area contributed by atoms with Gasteiger partial charge in [0.15, 0.2) is 5.82 Å². The van der Waals surface area contributed by atoms with Crippen molar-refractivity contribution in [1.29, 1.82) is 0 Å². The van der Waals surface area contributed by atoms with E-state index in [0.29, 0.717) is 5.82 Å². The van der Waals surface area contributed by atoms with E-state index in [-0.39, 0.29) is 6.04 Å². The van der Waals surface area contributed by atoms with Crippen LogP contribution in [0.25, 0.3) is 10.9 Å². The predicted octanol–water partition coefficient (Wildman–Crippen LogP) is 1.89. The second-order valence-corrected chi connectivity index (χ2v) is 4.68. The van der Waals surface area contributed by atoms with Crippen molar-refractivity contribution in [3.8, 4) is 0 Å². The van der Waals surface area contributed by atoms with Crippen LogP contribution in [0.2, 0.25) is 0 Å². The summed E-state index contributed by atoms with van der Waals surface area (Å²) in [4.78, 5) is 13.1. The number of benzene rings is 1. The Bertz CT molecular complexity index is 724. The summed E-state index contributed by atoms with van der Waals surface area (Å²) >= 11 is 0. The third-order valence-electron chi connectivity index (χ3n) is 3.17. The van der Waals surface area contributed by atoms with Crippen LogP contribution in [0.4, 0.5) is 0 Å². The molecule has 0 bridgehead atoms. The quantitative estimate of drug-likeness (QED) is 0.558. The second kappa shape index (κ2) is 5.32. The Hall–Kier alpha value is -2.37. The first-order chi connectivity index (χ1) is 9.78. The molecule has 0 radical (unpaired) electrons. The van der Waals surface area contributed by atoms with Gasteiger partial charge in [-0.25, -0.2) is 15.4 Å². The molecule has 1 atom stereocenters. The summed E-state index contributed by atoms with van der Waals surface area (Å²) in [6.45, 7) is 1.95. The molecule has 5 heteroatoms. The van der Waals surface area contributed by atoms with Crippen molar-refractivity contribution >= 4 is 10.9 Å². The van der Waals surface area contributed by atoms with Crippen molar-refractivity contribution in [2.75, 3.05) is 0 Å². The Morgan fingerprint density at radius 2 is 1.80 bits per heavy atom. The van der Waals surface area contributed by atoms with Gasteiger partial charge >= 0.3 is 0 Å². The molecule has 2 aromatic heterocycles. The topological polar surface area (TPSA) is 76.7 Å². The smallest absolute Gasteiger partial charge is 0.150 e. The molecule has 0 saturated carbocycles. The molecule has 0 spiro atoms. The molecule has 0 aliphatic rings. The molecule has 20 heavy (non-hydrogen) atoms. The third-order valence-corrected chi connectivity index (χ3v) is 3.17. The van der Waals surface area contributed by atoms with Gasteiger partial charge in [0, 0.05) is 24.0 Å². The lowest BCUT2D eigenvalue weighted by Gasteiger charge is -2.15. The highest BCUT2D eigenvalue weighted by Gasteiger charge is 2.16. The zero-order valence-corrected chi connectivity index (χ0v) is 11.1. The van der Waals surface area contributed by atoms with E-state index in [0.717, 1.165) is 22.0 Å². The maximum atomic E-state index is 5.66. The van der Waals surface area contributed by atoms with Crippen molar-refractivity contribution in [3.63, 3.8) is 0 Å². The zero-order chi connectivity index (χ0) is 13.9. The minimum absolute atomic E-state index is 0.271. The van der Waals surface area contributed by atoms with Crippen molar-refractivity contribution in [2.24, 2.45) is 5.84 Å². The van der Waals surface area contributed by atoms with Crippen LogP contribution >= 0.6 is 0 Å². The number of aryl methyl sites for hydroxylation is 1. The summed E-state index contributed by atoms with van der Waals surface area (Å²) in [5.41, 5.74) is 5.66. The summed E-state index contributed by atoms with van der Waals surface area (Å²) in [6.07, 6.45) is 5.36. The fourth-order valence-electron chi connectivity index (χ4n) is 2.12. The number of nitrogens with one attached hydrogen (secondary N) is 1. The summed E-state index contributed by atoms with van der Waals surface area (Å²) < 4.78 is 0. The Morgan fingerprint density at radius 3 is 2.55 bits per heavy atom. The molecular weight excluding hydrogens is 250 g/mol. The summed E-state index contributed by atoms with van der Waals surface area (Å²) in [7, 11) is 0. The average Bonchev–Trinajstić information content (AvgIpc) is 2.50. The number of fused-ring (bicyclic) bond motifs is 1. The van der Waals surface area contributed by atoms with E-state index in [1.165, 1.54) is 0 Å². The van der Waals surface area contributed by atoms with Crippen LogP contribution in [-0.4, -0.2) is 15.0 Å². The monoisotopic (exact) mass is 265 g/mol. The van der Waals surface area contributed by atoms with Crippen LogP contribution in [0.1, 0.15) is 23.0 Å². The number of hydrogen-bond donors (Lipinski definition) is 2. The van der Waals surface area contributed by atoms with E-state index in [9.17, 15) is 0 Å². The van der Waals surface area contributed by atoms with Gasteiger partial charge in [-0.1, -0.05) is 18.2 Å². The minimum Gasteiger partial charge on any atom is -0.270 e. The van der Waals surface area contributed by atoms with Crippen LogP contribution in [0.5, 0.6) is 0 Å². The first-order valence-electron chi connectivity index (χ1n) is 6.37. The van der Waals surface area contributed by atoms with Crippen LogP contribution < -0.4 is 11.3 Å². The lowest BCUT2D eigenvalue weighted by Crippen LogP contribution is -2.30. The molecule has 0 aliphatic carbocycles. The minimum atomic E-state index is -0.271. The highest BCUT2D eigenvalue weighted by molar-refractivity contribution is 5.78. The summed E-state index contributed by atoms with van der Waals surface area (Å²) in [6, 6.07) is 9.74.